The van der Waals surface area contributed by atoms with Crippen molar-refractivity contribution in [1.29, 1.82) is 0 Å². The molecule has 0 bridgehead atoms. The highest BCUT2D eigenvalue weighted by molar-refractivity contribution is 7.92. The first-order chi connectivity index (χ1) is 17.9. The number of benzene rings is 2. The van der Waals surface area contributed by atoms with E-state index in [4.69, 9.17) is 17.0 Å². The Labute approximate surface area is 231 Å². The van der Waals surface area contributed by atoms with Gasteiger partial charge < -0.3 is 20.3 Å². The van der Waals surface area contributed by atoms with E-state index in [-0.39, 0.29) is 23.5 Å². The van der Waals surface area contributed by atoms with Gasteiger partial charge in [0.15, 0.2) is 5.11 Å². The molecule has 2 N–H and O–H groups in total. The van der Waals surface area contributed by atoms with Crippen LogP contribution in [0.4, 0.5) is 5.69 Å². The van der Waals surface area contributed by atoms with Gasteiger partial charge in [0, 0.05) is 30.6 Å². The summed E-state index contributed by atoms with van der Waals surface area (Å²) in [6.07, 6.45) is 2.62. The van der Waals surface area contributed by atoms with Gasteiger partial charge in [0.05, 0.1) is 25.2 Å². The molecule has 1 saturated heterocycles. The molecule has 4 rings (SSSR count). The van der Waals surface area contributed by atoms with Crippen LogP contribution in [0.5, 0.6) is 0 Å². The number of fused-ring (bicyclic) bond motifs is 2. The number of nitrogens with one attached hydrogen (secondary N) is 2. The van der Waals surface area contributed by atoms with Crippen LogP contribution in [0.3, 0.4) is 0 Å². The Morgan fingerprint density at radius 3 is 2.34 bits per heavy atom. The fourth-order valence-electron chi connectivity index (χ4n) is 5.26. The van der Waals surface area contributed by atoms with E-state index in [0.29, 0.717) is 44.2 Å². The standard InChI is InChI=1S/C28H38N4O4S2/c1-27(2,3)30-26(37)29-23(19-36-18-21-10-6-5-7-11-21)25(33)31-16-14-28(15-17-31)20-32(38(4,34)35)24-13-9-8-12-22(24)28/h5-13,23H,14-20H2,1-4H3,(H2,29,30,37)/t23-/m1/s1. The molecule has 206 valence electrons. The van der Waals surface area contributed by atoms with E-state index >= 15 is 0 Å². The van der Waals surface area contributed by atoms with Crippen molar-refractivity contribution in [3.8, 4) is 0 Å². The maximum Gasteiger partial charge on any atom is 0.247 e. The molecule has 38 heavy (non-hydrogen) atoms. The Kier molecular flexibility index (Phi) is 8.34. The highest BCUT2D eigenvalue weighted by atomic mass is 32.2. The first-order valence-electron chi connectivity index (χ1n) is 12.9. The Hall–Kier alpha value is -2.69. The van der Waals surface area contributed by atoms with Gasteiger partial charge in [-0.3, -0.25) is 9.10 Å². The number of ether oxygens (including phenoxy) is 1. The van der Waals surface area contributed by atoms with Gasteiger partial charge >= 0.3 is 0 Å². The van der Waals surface area contributed by atoms with Gasteiger partial charge in [-0.15, -0.1) is 0 Å². The Morgan fingerprint density at radius 1 is 1.08 bits per heavy atom. The van der Waals surface area contributed by atoms with Gasteiger partial charge in [-0.05, 0) is 63.0 Å². The summed E-state index contributed by atoms with van der Waals surface area (Å²) >= 11 is 5.51. The lowest BCUT2D eigenvalue weighted by Gasteiger charge is -2.41. The molecule has 10 heteroatoms. The van der Waals surface area contributed by atoms with E-state index in [2.05, 4.69) is 10.6 Å². The summed E-state index contributed by atoms with van der Waals surface area (Å²) in [4.78, 5) is 15.6. The minimum Gasteiger partial charge on any atom is -0.374 e. The summed E-state index contributed by atoms with van der Waals surface area (Å²) in [6, 6.07) is 16.9. The molecule has 0 saturated carbocycles. The Balaban J connectivity index is 1.45. The van der Waals surface area contributed by atoms with Gasteiger partial charge in [-0.25, -0.2) is 8.42 Å². The number of amides is 1. The van der Waals surface area contributed by atoms with Gasteiger partial charge in [-0.2, -0.15) is 0 Å². The summed E-state index contributed by atoms with van der Waals surface area (Å²) in [6.45, 7) is 8.06. The van der Waals surface area contributed by atoms with Crippen molar-refractivity contribution in [3.05, 3.63) is 65.7 Å². The number of hydrogen-bond donors (Lipinski definition) is 2. The number of thiocarbonyl (C=S) groups is 1. The molecule has 1 fully saturated rings. The molecular formula is C28H38N4O4S2. The fraction of sp³-hybridized carbons (Fsp3) is 0.500. The third kappa shape index (κ3) is 6.65. The monoisotopic (exact) mass is 558 g/mol. The smallest absolute Gasteiger partial charge is 0.247 e. The number of anilines is 1. The molecule has 2 aliphatic heterocycles. The zero-order valence-corrected chi connectivity index (χ0v) is 24.2. The Bertz CT molecular complexity index is 1250. The maximum atomic E-state index is 13.7. The average Bonchev–Trinajstić information content (AvgIpc) is 3.18. The van der Waals surface area contributed by atoms with E-state index in [1.165, 1.54) is 10.6 Å². The molecule has 1 spiro atoms. The van der Waals surface area contributed by atoms with Gasteiger partial charge in [0.2, 0.25) is 15.9 Å². The summed E-state index contributed by atoms with van der Waals surface area (Å²) < 4.78 is 32.5. The van der Waals surface area contributed by atoms with E-state index in [0.717, 1.165) is 16.8 Å². The number of para-hydroxylation sites is 1. The van der Waals surface area contributed by atoms with Crippen LogP contribution in [-0.2, 0) is 31.6 Å². The number of rotatable bonds is 7. The number of sulfonamides is 1. The lowest BCUT2D eigenvalue weighted by Crippen LogP contribution is -2.58. The molecule has 2 heterocycles. The second kappa shape index (κ2) is 11.2. The first-order valence-corrected chi connectivity index (χ1v) is 15.2. The van der Waals surface area contributed by atoms with Gasteiger partial charge in [0.25, 0.3) is 0 Å². The molecule has 1 amide bonds. The first kappa shape index (κ1) is 28.3. The van der Waals surface area contributed by atoms with E-state index in [1.807, 2.05) is 80.3 Å². The highest BCUT2D eigenvalue weighted by Gasteiger charge is 2.47. The average molecular weight is 559 g/mol. The quantitative estimate of drug-likeness (QED) is 0.505. The van der Waals surface area contributed by atoms with Gasteiger partial charge in [0.1, 0.15) is 6.04 Å². The fourth-order valence-corrected chi connectivity index (χ4v) is 6.71. The largest absolute Gasteiger partial charge is 0.374 e. The molecular weight excluding hydrogens is 520 g/mol. The second-order valence-electron chi connectivity index (χ2n) is 11.3. The van der Waals surface area contributed by atoms with Crippen LogP contribution in [0.25, 0.3) is 0 Å². The zero-order chi connectivity index (χ0) is 27.6. The molecule has 0 aromatic heterocycles. The van der Waals surface area contributed by atoms with Crippen molar-refractivity contribution in [3.63, 3.8) is 0 Å². The van der Waals surface area contributed by atoms with Crippen LogP contribution >= 0.6 is 12.2 Å². The summed E-state index contributed by atoms with van der Waals surface area (Å²) in [5.41, 5.74) is 2.29. The van der Waals surface area contributed by atoms with E-state index < -0.39 is 16.1 Å². The highest BCUT2D eigenvalue weighted by Crippen LogP contribution is 2.47. The predicted octanol–water partition coefficient (Wildman–Crippen LogP) is 3.17. The SMILES string of the molecule is CC(C)(C)NC(=S)N[C@H](COCc1ccccc1)C(=O)N1CCC2(CC1)CN(S(C)(=O)=O)c1ccccc12. The van der Waals surface area contributed by atoms with Crippen molar-refractivity contribution < 1.29 is 17.9 Å². The maximum absolute atomic E-state index is 13.7. The van der Waals surface area contributed by atoms with Crippen molar-refractivity contribution >= 4 is 38.9 Å². The topological polar surface area (TPSA) is 91.0 Å². The lowest BCUT2D eigenvalue weighted by atomic mass is 9.74. The number of hydrogen-bond acceptors (Lipinski definition) is 5. The molecule has 2 aliphatic rings. The third-order valence-corrected chi connectivity index (χ3v) is 8.46. The number of carbonyl (C=O) groups excluding carboxylic acids is 1. The van der Waals surface area contributed by atoms with Crippen LogP contribution in [0.1, 0.15) is 44.7 Å². The molecule has 2 aromatic carbocycles. The van der Waals surface area contributed by atoms with Crippen LogP contribution in [0.2, 0.25) is 0 Å². The van der Waals surface area contributed by atoms with Crippen LogP contribution < -0.4 is 14.9 Å². The molecule has 1 atom stereocenters. The Morgan fingerprint density at radius 2 is 1.71 bits per heavy atom. The summed E-state index contributed by atoms with van der Waals surface area (Å²) in [5.74, 6) is -0.0720. The number of carbonyl (C=O) groups is 1. The minimum absolute atomic E-state index is 0.0720. The second-order valence-corrected chi connectivity index (χ2v) is 13.6. The van der Waals surface area contributed by atoms with Crippen molar-refractivity contribution in [2.45, 2.75) is 57.2 Å². The summed E-state index contributed by atoms with van der Waals surface area (Å²) in [7, 11) is -3.39. The molecule has 0 aliphatic carbocycles. The molecule has 0 unspecified atom stereocenters. The van der Waals surface area contributed by atoms with Crippen molar-refractivity contribution in [1.82, 2.24) is 15.5 Å². The number of piperidine rings is 1. The molecule has 0 radical (unpaired) electrons. The zero-order valence-electron chi connectivity index (χ0n) is 22.6. The van der Waals surface area contributed by atoms with Crippen molar-refractivity contribution in [2.24, 2.45) is 0 Å². The van der Waals surface area contributed by atoms with Crippen LogP contribution in [0.15, 0.2) is 54.6 Å². The normalized spacial score (nSPS) is 17.7. The van der Waals surface area contributed by atoms with Crippen molar-refractivity contribution in [2.75, 3.05) is 36.8 Å². The van der Waals surface area contributed by atoms with E-state index in [1.54, 1.807) is 0 Å². The lowest BCUT2D eigenvalue weighted by molar-refractivity contribution is -0.136. The number of nitrogens with zero attached hydrogens (tertiary/aromatic N) is 2. The summed E-state index contributed by atoms with van der Waals surface area (Å²) in [5, 5.41) is 6.80. The van der Waals surface area contributed by atoms with Gasteiger partial charge in [-0.1, -0.05) is 48.5 Å². The third-order valence-electron chi connectivity index (χ3n) is 7.11. The minimum atomic E-state index is -3.39. The van der Waals surface area contributed by atoms with Crippen LogP contribution in [0, 0.1) is 0 Å². The predicted molar refractivity (Wildman–Crippen MR) is 155 cm³/mol. The van der Waals surface area contributed by atoms with Crippen LogP contribution in [-0.4, -0.2) is 68.4 Å². The molecule has 2 aromatic rings. The molecule has 8 nitrogen and oxygen atoms in total. The number of likely N-dealkylation sites (tertiary alicyclic amines) is 1. The van der Waals surface area contributed by atoms with E-state index in [9.17, 15) is 13.2 Å².